The summed E-state index contributed by atoms with van der Waals surface area (Å²) in [4.78, 5) is 12.0. The van der Waals surface area contributed by atoms with E-state index in [1.54, 1.807) is 6.92 Å². The first-order chi connectivity index (χ1) is 7.36. The Bertz CT molecular complexity index is 394. The van der Waals surface area contributed by atoms with Crippen molar-refractivity contribution in [1.29, 1.82) is 0 Å². The smallest absolute Gasteiger partial charge is 0.156 e. The van der Waals surface area contributed by atoms with Gasteiger partial charge in [-0.15, -0.1) is 0 Å². The number of carbonyl (C=O) groups excluding carboxylic acids is 1. The topological polar surface area (TPSA) is 43.1 Å². The molecule has 0 amide bonds. The number of aryl methyl sites for hydroxylation is 2. The molecule has 1 rings (SSSR count). The lowest BCUT2D eigenvalue weighted by molar-refractivity contribution is -0.123. The molecule has 1 aromatic rings. The molecule has 2 heteroatoms. The van der Waals surface area contributed by atoms with Crippen LogP contribution in [0.3, 0.4) is 0 Å². The Morgan fingerprint density at radius 3 is 2.56 bits per heavy atom. The van der Waals surface area contributed by atoms with E-state index in [1.165, 1.54) is 5.56 Å². The summed E-state index contributed by atoms with van der Waals surface area (Å²) in [5.41, 5.74) is 8.68. The van der Waals surface area contributed by atoms with Crippen LogP contribution in [0.15, 0.2) is 18.2 Å². The first kappa shape index (κ1) is 12.9. The molecule has 16 heavy (non-hydrogen) atoms. The van der Waals surface area contributed by atoms with Crippen LogP contribution < -0.4 is 5.73 Å². The molecule has 1 unspecified atom stereocenters. The van der Waals surface area contributed by atoms with Gasteiger partial charge in [-0.3, -0.25) is 4.79 Å². The highest BCUT2D eigenvalue weighted by molar-refractivity contribution is 5.89. The van der Waals surface area contributed by atoms with Crippen molar-refractivity contribution in [2.24, 2.45) is 5.73 Å². The number of benzene rings is 1. The molecule has 0 radical (unpaired) electrons. The van der Waals surface area contributed by atoms with Crippen molar-refractivity contribution in [1.82, 2.24) is 0 Å². The van der Waals surface area contributed by atoms with Gasteiger partial charge < -0.3 is 5.73 Å². The average Bonchev–Trinajstić information content (AvgIpc) is 2.23. The molecule has 0 aromatic heterocycles. The second kappa shape index (κ2) is 4.79. The standard InChI is InChI=1S/C14H21NO/c1-5-14(4,15)13(16)9-12-8-10(2)6-7-11(12)3/h6-8H,5,9,15H2,1-4H3. The first-order valence-electron chi connectivity index (χ1n) is 5.75. The van der Waals surface area contributed by atoms with Crippen LogP contribution in [0.2, 0.25) is 0 Å². The van der Waals surface area contributed by atoms with Crippen molar-refractivity contribution >= 4 is 5.78 Å². The van der Waals surface area contributed by atoms with Gasteiger partial charge in [-0.25, -0.2) is 0 Å². The van der Waals surface area contributed by atoms with Gasteiger partial charge in [-0.1, -0.05) is 30.7 Å². The van der Waals surface area contributed by atoms with Crippen molar-refractivity contribution in [3.8, 4) is 0 Å². The summed E-state index contributed by atoms with van der Waals surface area (Å²) in [6.45, 7) is 7.82. The third kappa shape index (κ3) is 2.92. The number of nitrogens with two attached hydrogens (primary N) is 1. The van der Waals surface area contributed by atoms with Crippen LogP contribution in [0.5, 0.6) is 0 Å². The van der Waals surface area contributed by atoms with E-state index >= 15 is 0 Å². The zero-order chi connectivity index (χ0) is 12.3. The third-order valence-corrected chi connectivity index (χ3v) is 3.23. The number of Topliss-reactive ketones (excluding diaryl/α,β-unsaturated/α-hetero) is 1. The molecule has 0 saturated carbocycles. The summed E-state index contributed by atoms with van der Waals surface area (Å²) in [6.07, 6.45) is 1.12. The summed E-state index contributed by atoms with van der Waals surface area (Å²) < 4.78 is 0. The molecule has 0 bridgehead atoms. The minimum absolute atomic E-state index is 0.115. The highest BCUT2D eigenvalue weighted by Gasteiger charge is 2.25. The number of hydrogen-bond donors (Lipinski definition) is 1. The molecule has 0 aliphatic rings. The number of rotatable bonds is 4. The molecule has 88 valence electrons. The molecular formula is C14H21NO. The number of carbonyl (C=O) groups is 1. The Morgan fingerprint density at radius 2 is 2.00 bits per heavy atom. The van der Waals surface area contributed by atoms with Gasteiger partial charge in [-0.2, -0.15) is 0 Å². The van der Waals surface area contributed by atoms with Gasteiger partial charge in [0.1, 0.15) is 0 Å². The maximum absolute atomic E-state index is 12.0. The predicted molar refractivity (Wildman–Crippen MR) is 67.5 cm³/mol. The van der Waals surface area contributed by atoms with Crippen LogP contribution in [0.4, 0.5) is 0 Å². The lowest BCUT2D eigenvalue weighted by Gasteiger charge is -2.21. The van der Waals surface area contributed by atoms with E-state index in [4.69, 9.17) is 5.73 Å². The fraction of sp³-hybridized carbons (Fsp3) is 0.500. The molecule has 1 atom stereocenters. The normalized spacial score (nSPS) is 14.6. The first-order valence-corrected chi connectivity index (χ1v) is 5.75. The van der Waals surface area contributed by atoms with Gasteiger partial charge >= 0.3 is 0 Å². The van der Waals surface area contributed by atoms with E-state index in [9.17, 15) is 4.79 Å². The molecule has 2 N–H and O–H groups in total. The molecule has 0 fully saturated rings. The van der Waals surface area contributed by atoms with Gasteiger partial charge in [0.25, 0.3) is 0 Å². The van der Waals surface area contributed by atoms with Crippen LogP contribution in [0.25, 0.3) is 0 Å². The van der Waals surface area contributed by atoms with E-state index in [2.05, 4.69) is 18.2 Å². The quantitative estimate of drug-likeness (QED) is 0.845. The van der Waals surface area contributed by atoms with Crippen molar-refractivity contribution < 1.29 is 4.79 Å². The third-order valence-electron chi connectivity index (χ3n) is 3.23. The van der Waals surface area contributed by atoms with Gasteiger partial charge in [-0.05, 0) is 38.3 Å². The van der Waals surface area contributed by atoms with Gasteiger partial charge in [0.15, 0.2) is 5.78 Å². The van der Waals surface area contributed by atoms with Crippen LogP contribution in [0, 0.1) is 13.8 Å². The van der Waals surface area contributed by atoms with E-state index in [0.717, 1.165) is 11.1 Å². The zero-order valence-corrected chi connectivity index (χ0v) is 10.6. The van der Waals surface area contributed by atoms with Crippen molar-refractivity contribution in [3.05, 3.63) is 34.9 Å². The second-order valence-corrected chi connectivity index (χ2v) is 4.80. The second-order valence-electron chi connectivity index (χ2n) is 4.80. The Kier molecular flexibility index (Phi) is 3.87. The molecule has 1 aromatic carbocycles. The summed E-state index contributed by atoms with van der Waals surface area (Å²) in [5.74, 6) is 0.115. The molecular weight excluding hydrogens is 198 g/mol. The molecule has 2 nitrogen and oxygen atoms in total. The molecule has 0 heterocycles. The fourth-order valence-corrected chi connectivity index (χ4v) is 1.56. The fourth-order valence-electron chi connectivity index (χ4n) is 1.56. The zero-order valence-electron chi connectivity index (χ0n) is 10.6. The predicted octanol–water partition coefficient (Wildman–Crippen LogP) is 2.54. The van der Waals surface area contributed by atoms with E-state index in [0.29, 0.717) is 12.8 Å². The maximum atomic E-state index is 12.0. The molecule has 0 aliphatic carbocycles. The van der Waals surface area contributed by atoms with Crippen LogP contribution in [0.1, 0.15) is 37.0 Å². The van der Waals surface area contributed by atoms with Crippen molar-refractivity contribution in [2.75, 3.05) is 0 Å². The van der Waals surface area contributed by atoms with E-state index in [1.807, 2.05) is 20.8 Å². The summed E-state index contributed by atoms with van der Waals surface area (Å²) in [7, 11) is 0. The number of hydrogen-bond acceptors (Lipinski definition) is 2. The monoisotopic (exact) mass is 219 g/mol. The van der Waals surface area contributed by atoms with Crippen LogP contribution in [-0.2, 0) is 11.2 Å². The Labute approximate surface area is 97.9 Å². The average molecular weight is 219 g/mol. The van der Waals surface area contributed by atoms with Gasteiger partial charge in [0.2, 0.25) is 0 Å². The lowest BCUT2D eigenvalue weighted by Crippen LogP contribution is -2.45. The van der Waals surface area contributed by atoms with E-state index in [-0.39, 0.29) is 5.78 Å². The highest BCUT2D eigenvalue weighted by atomic mass is 16.1. The molecule has 0 aliphatic heterocycles. The Hall–Kier alpha value is -1.15. The Morgan fingerprint density at radius 1 is 1.38 bits per heavy atom. The van der Waals surface area contributed by atoms with Crippen LogP contribution >= 0.6 is 0 Å². The molecule has 0 spiro atoms. The summed E-state index contributed by atoms with van der Waals surface area (Å²) >= 11 is 0. The van der Waals surface area contributed by atoms with Crippen molar-refractivity contribution in [2.45, 2.75) is 46.1 Å². The summed E-state index contributed by atoms with van der Waals surface area (Å²) in [5, 5.41) is 0. The van der Waals surface area contributed by atoms with Crippen molar-refractivity contribution in [3.63, 3.8) is 0 Å². The van der Waals surface area contributed by atoms with Gasteiger partial charge in [0, 0.05) is 6.42 Å². The molecule has 0 saturated heterocycles. The largest absolute Gasteiger partial charge is 0.319 e. The highest BCUT2D eigenvalue weighted by Crippen LogP contribution is 2.15. The number of ketones is 1. The Balaban J connectivity index is 2.89. The maximum Gasteiger partial charge on any atom is 0.156 e. The van der Waals surface area contributed by atoms with Crippen LogP contribution in [-0.4, -0.2) is 11.3 Å². The SMILES string of the molecule is CCC(C)(N)C(=O)Cc1cc(C)ccc1C. The summed E-state index contributed by atoms with van der Waals surface area (Å²) in [6, 6.07) is 6.18. The minimum Gasteiger partial charge on any atom is -0.319 e. The van der Waals surface area contributed by atoms with E-state index < -0.39 is 5.54 Å². The lowest BCUT2D eigenvalue weighted by atomic mass is 9.89. The minimum atomic E-state index is -0.698. The van der Waals surface area contributed by atoms with Gasteiger partial charge in [0.05, 0.1) is 5.54 Å².